The van der Waals surface area contributed by atoms with E-state index in [2.05, 4.69) is 26.6 Å². The first-order chi connectivity index (χ1) is 12.3. The van der Waals surface area contributed by atoms with E-state index in [0.717, 1.165) is 4.47 Å². The van der Waals surface area contributed by atoms with Crippen LogP contribution >= 0.6 is 15.9 Å². The minimum absolute atomic E-state index is 0.186. The number of hydrogen-bond acceptors (Lipinski definition) is 3. The van der Waals surface area contributed by atoms with Crippen LogP contribution in [0.4, 0.5) is 16.2 Å². The zero-order valence-electron chi connectivity index (χ0n) is 14.4. The Kier molecular flexibility index (Phi) is 5.08. The van der Waals surface area contributed by atoms with Crippen LogP contribution in [-0.4, -0.2) is 29.3 Å². The Balaban J connectivity index is 1.74. The number of imide groups is 1. The summed E-state index contributed by atoms with van der Waals surface area (Å²) in [5, 5.41) is 5.39. The molecule has 0 spiro atoms. The van der Waals surface area contributed by atoms with Crippen LogP contribution in [0.2, 0.25) is 0 Å². The Hall–Kier alpha value is -2.67. The number of amides is 4. The molecule has 0 radical (unpaired) electrons. The first-order valence-electron chi connectivity index (χ1n) is 8.19. The van der Waals surface area contributed by atoms with Crippen molar-refractivity contribution in [2.75, 3.05) is 17.2 Å². The molecule has 134 valence electrons. The van der Waals surface area contributed by atoms with Crippen molar-refractivity contribution < 1.29 is 14.4 Å². The van der Waals surface area contributed by atoms with Gasteiger partial charge >= 0.3 is 6.03 Å². The van der Waals surface area contributed by atoms with E-state index in [4.69, 9.17) is 0 Å². The number of urea groups is 1. The number of halogens is 1. The number of rotatable bonds is 4. The van der Waals surface area contributed by atoms with Gasteiger partial charge in [0.25, 0.3) is 11.8 Å². The Morgan fingerprint density at radius 2 is 1.65 bits per heavy atom. The third-order valence-corrected chi connectivity index (χ3v) is 4.35. The number of anilines is 2. The maximum Gasteiger partial charge on any atom is 0.323 e. The summed E-state index contributed by atoms with van der Waals surface area (Å²) in [6, 6.07) is 11.5. The van der Waals surface area contributed by atoms with Gasteiger partial charge in [-0.05, 0) is 42.3 Å². The summed E-state index contributed by atoms with van der Waals surface area (Å²) < 4.78 is 0.849. The lowest BCUT2D eigenvalue weighted by Gasteiger charge is -2.15. The van der Waals surface area contributed by atoms with E-state index in [1.165, 1.54) is 11.0 Å². The lowest BCUT2D eigenvalue weighted by atomic mass is 10.1. The van der Waals surface area contributed by atoms with Crippen molar-refractivity contribution in [2.24, 2.45) is 5.92 Å². The van der Waals surface area contributed by atoms with Crippen LogP contribution in [0.3, 0.4) is 0 Å². The highest BCUT2D eigenvalue weighted by atomic mass is 79.9. The fraction of sp³-hybridized carbons (Fsp3) is 0.211. The van der Waals surface area contributed by atoms with Crippen molar-refractivity contribution in [1.82, 2.24) is 4.90 Å². The lowest BCUT2D eigenvalue weighted by Crippen LogP contribution is -2.33. The second-order valence-electron chi connectivity index (χ2n) is 6.46. The molecule has 2 aromatic rings. The summed E-state index contributed by atoms with van der Waals surface area (Å²) in [7, 11) is 0. The minimum atomic E-state index is -0.432. The molecule has 7 heteroatoms. The molecule has 26 heavy (non-hydrogen) atoms. The molecule has 0 saturated heterocycles. The predicted octanol–water partition coefficient (Wildman–Crippen LogP) is 4.35. The average Bonchev–Trinajstić information content (AvgIpc) is 2.79. The topological polar surface area (TPSA) is 78.5 Å². The van der Waals surface area contributed by atoms with Gasteiger partial charge in [0.1, 0.15) is 0 Å². The van der Waals surface area contributed by atoms with Crippen LogP contribution in [0.15, 0.2) is 46.9 Å². The Morgan fingerprint density at radius 3 is 2.31 bits per heavy atom. The fourth-order valence-corrected chi connectivity index (χ4v) is 3.16. The Bertz CT molecular complexity index is 895. The second kappa shape index (κ2) is 7.29. The van der Waals surface area contributed by atoms with Crippen molar-refractivity contribution in [1.29, 1.82) is 0 Å². The number of nitrogens with zero attached hydrogens (tertiary/aromatic N) is 1. The molecule has 1 aliphatic rings. The van der Waals surface area contributed by atoms with Crippen LogP contribution in [0, 0.1) is 5.92 Å². The summed E-state index contributed by atoms with van der Waals surface area (Å²) in [6.45, 7) is 4.27. The molecule has 1 aliphatic heterocycles. The largest absolute Gasteiger partial charge is 0.323 e. The number of benzene rings is 2. The number of fused-ring (bicyclic) bond motifs is 1. The number of carbonyl (C=O) groups excluding carboxylic acids is 3. The third kappa shape index (κ3) is 3.77. The quantitative estimate of drug-likeness (QED) is 0.728. The maximum absolute atomic E-state index is 12.5. The monoisotopic (exact) mass is 415 g/mol. The van der Waals surface area contributed by atoms with Crippen molar-refractivity contribution in [3.63, 3.8) is 0 Å². The Morgan fingerprint density at radius 1 is 1.00 bits per heavy atom. The summed E-state index contributed by atoms with van der Waals surface area (Å²) in [5.41, 5.74) is 1.76. The van der Waals surface area contributed by atoms with E-state index < -0.39 is 6.03 Å². The van der Waals surface area contributed by atoms with Crippen molar-refractivity contribution >= 4 is 45.2 Å². The molecule has 3 rings (SSSR count). The molecule has 2 N–H and O–H groups in total. The third-order valence-electron chi connectivity index (χ3n) is 3.86. The van der Waals surface area contributed by atoms with Crippen LogP contribution in [0.1, 0.15) is 34.6 Å². The van der Waals surface area contributed by atoms with Crippen LogP contribution in [-0.2, 0) is 0 Å². The summed E-state index contributed by atoms with van der Waals surface area (Å²) in [5.74, 6) is -0.427. The molecule has 0 saturated carbocycles. The fourth-order valence-electron chi connectivity index (χ4n) is 2.76. The van der Waals surface area contributed by atoms with Gasteiger partial charge < -0.3 is 10.6 Å². The molecular formula is C19H18BrN3O3. The van der Waals surface area contributed by atoms with Crippen LogP contribution < -0.4 is 10.6 Å². The lowest BCUT2D eigenvalue weighted by molar-refractivity contribution is 0.0636. The first kappa shape index (κ1) is 18.1. The molecule has 0 bridgehead atoms. The molecule has 0 atom stereocenters. The Labute approximate surface area is 159 Å². The van der Waals surface area contributed by atoms with Gasteiger partial charge in [-0.2, -0.15) is 0 Å². The molecule has 0 aromatic heterocycles. The second-order valence-corrected chi connectivity index (χ2v) is 7.38. The molecule has 2 aromatic carbocycles. The van der Waals surface area contributed by atoms with E-state index in [1.807, 2.05) is 26.0 Å². The smallest absolute Gasteiger partial charge is 0.308 e. The van der Waals surface area contributed by atoms with Gasteiger partial charge in [0, 0.05) is 22.4 Å². The zero-order chi connectivity index (χ0) is 18.8. The first-order valence-corrected chi connectivity index (χ1v) is 8.98. The molecule has 0 fully saturated rings. The van der Waals surface area contributed by atoms with Gasteiger partial charge in [0.15, 0.2) is 0 Å². The minimum Gasteiger partial charge on any atom is -0.308 e. The van der Waals surface area contributed by atoms with Gasteiger partial charge in [-0.15, -0.1) is 0 Å². The van der Waals surface area contributed by atoms with Crippen molar-refractivity contribution in [3.05, 3.63) is 58.1 Å². The van der Waals surface area contributed by atoms with Crippen molar-refractivity contribution in [2.45, 2.75) is 13.8 Å². The van der Waals surface area contributed by atoms with Gasteiger partial charge in [-0.1, -0.05) is 35.8 Å². The van der Waals surface area contributed by atoms with Gasteiger partial charge in [0.05, 0.1) is 11.1 Å². The van der Waals surface area contributed by atoms with Gasteiger partial charge in [-0.25, -0.2) is 4.79 Å². The molecule has 6 nitrogen and oxygen atoms in total. The highest BCUT2D eigenvalue weighted by Crippen LogP contribution is 2.26. The van der Waals surface area contributed by atoms with E-state index >= 15 is 0 Å². The normalized spacial score (nSPS) is 13.2. The highest BCUT2D eigenvalue weighted by molar-refractivity contribution is 9.10. The van der Waals surface area contributed by atoms with Crippen molar-refractivity contribution in [3.8, 4) is 0 Å². The van der Waals surface area contributed by atoms with E-state index in [1.54, 1.807) is 24.3 Å². The standard InChI is InChI=1S/C19H18BrN3O3/c1-11(2)10-23-17(24)15-7-6-14(9-16(15)18(23)25)22-19(26)21-13-5-3-4-12(20)8-13/h3-9,11H,10H2,1-2H3,(H2,21,22,26). The van der Waals surface area contributed by atoms with E-state index in [9.17, 15) is 14.4 Å². The SMILES string of the molecule is CC(C)CN1C(=O)c2ccc(NC(=O)Nc3cccc(Br)c3)cc2C1=O. The van der Waals surface area contributed by atoms with Gasteiger partial charge in [-0.3, -0.25) is 14.5 Å². The zero-order valence-corrected chi connectivity index (χ0v) is 16.0. The van der Waals surface area contributed by atoms with Crippen LogP contribution in [0.25, 0.3) is 0 Å². The number of carbonyl (C=O) groups is 3. The summed E-state index contributed by atoms with van der Waals surface area (Å²) >= 11 is 3.34. The maximum atomic E-state index is 12.5. The van der Waals surface area contributed by atoms with E-state index in [0.29, 0.717) is 29.0 Å². The van der Waals surface area contributed by atoms with Gasteiger partial charge in [0.2, 0.25) is 0 Å². The number of hydrogen-bond donors (Lipinski definition) is 2. The number of nitrogens with one attached hydrogen (secondary N) is 2. The van der Waals surface area contributed by atoms with E-state index in [-0.39, 0.29) is 17.7 Å². The molecule has 0 unspecified atom stereocenters. The van der Waals surface area contributed by atoms with Crippen LogP contribution in [0.5, 0.6) is 0 Å². The average molecular weight is 416 g/mol. The summed E-state index contributed by atoms with van der Waals surface area (Å²) in [4.78, 5) is 38.2. The molecule has 1 heterocycles. The molecular weight excluding hydrogens is 398 g/mol. The highest BCUT2D eigenvalue weighted by Gasteiger charge is 2.35. The predicted molar refractivity (Wildman–Crippen MR) is 103 cm³/mol. The summed E-state index contributed by atoms with van der Waals surface area (Å²) in [6.07, 6.45) is 0. The molecule has 0 aliphatic carbocycles. The molecule has 4 amide bonds.